The monoisotopic (exact) mass is 513 g/mol. The minimum absolute atomic E-state index is 0.0587. The summed E-state index contributed by atoms with van der Waals surface area (Å²) in [5.74, 6) is -0.354. The number of carbonyl (C=O) groups is 2. The van der Waals surface area contributed by atoms with Gasteiger partial charge in [-0.05, 0) is 55.0 Å². The highest BCUT2D eigenvalue weighted by Gasteiger charge is 2.29. The zero-order valence-corrected chi connectivity index (χ0v) is 19.9. The number of fused-ring (bicyclic) bond motifs is 2. The summed E-state index contributed by atoms with van der Waals surface area (Å²) in [6, 6.07) is 15.4. The molecule has 6 nitrogen and oxygen atoms in total. The molecule has 0 bridgehead atoms. The van der Waals surface area contributed by atoms with Gasteiger partial charge in [0.05, 0.1) is 34.2 Å². The highest BCUT2D eigenvalue weighted by atomic mass is 35.5. The molecule has 1 unspecified atom stereocenters. The summed E-state index contributed by atoms with van der Waals surface area (Å²) >= 11 is 13.8. The lowest BCUT2D eigenvalue weighted by atomic mass is 9.93. The zero-order chi connectivity index (χ0) is 23.8. The number of rotatable bonds is 6. The van der Waals surface area contributed by atoms with Gasteiger partial charge in [0.15, 0.2) is 5.78 Å². The molecule has 1 N–H and O–H groups in total. The Hall–Kier alpha value is -3.13. The molecule has 172 valence electrons. The van der Waals surface area contributed by atoms with Gasteiger partial charge in [0.25, 0.3) is 0 Å². The Balaban J connectivity index is 1.30. The Kier molecular flexibility index (Phi) is 6.16. The quantitative estimate of drug-likeness (QED) is 0.286. The minimum atomic E-state index is -0.913. The fourth-order valence-electron chi connectivity index (χ4n) is 3.82. The van der Waals surface area contributed by atoms with Crippen LogP contribution in [-0.2, 0) is 11.2 Å². The van der Waals surface area contributed by atoms with Gasteiger partial charge >= 0.3 is 5.97 Å². The first-order chi connectivity index (χ1) is 16.4. The molecule has 0 aliphatic carbocycles. The van der Waals surface area contributed by atoms with E-state index in [1.165, 1.54) is 11.3 Å². The Morgan fingerprint density at radius 3 is 2.68 bits per heavy atom. The second kappa shape index (κ2) is 9.25. The third-order valence-electron chi connectivity index (χ3n) is 5.51. The maximum Gasteiger partial charge on any atom is 0.311 e. The molecule has 1 aliphatic heterocycles. The molecule has 0 fully saturated rings. The maximum absolute atomic E-state index is 12.7. The lowest BCUT2D eigenvalue weighted by Crippen LogP contribution is -2.20. The van der Waals surface area contributed by atoms with E-state index in [0.717, 1.165) is 15.2 Å². The van der Waals surface area contributed by atoms with Crippen LogP contribution in [0, 0.1) is 0 Å². The van der Waals surface area contributed by atoms with Gasteiger partial charge in [-0.3, -0.25) is 9.59 Å². The number of hydrogen-bond donors (Lipinski definition) is 1. The van der Waals surface area contributed by atoms with Crippen LogP contribution in [-0.4, -0.2) is 28.4 Å². The second-order valence-electron chi connectivity index (χ2n) is 7.79. The van der Waals surface area contributed by atoms with Crippen LogP contribution in [0.15, 0.2) is 54.6 Å². The van der Waals surface area contributed by atoms with Gasteiger partial charge in [-0.25, -0.2) is 4.98 Å². The summed E-state index contributed by atoms with van der Waals surface area (Å²) in [5.41, 5.74) is 1.89. The summed E-state index contributed by atoms with van der Waals surface area (Å²) in [7, 11) is 0. The Bertz CT molecular complexity index is 1420. The van der Waals surface area contributed by atoms with Gasteiger partial charge < -0.3 is 14.6 Å². The largest absolute Gasteiger partial charge is 0.493 e. The van der Waals surface area contributed by atoms with E-state index in [2.05, 4.69) is 4.98 Å². The van der Waals surface area contributed by atoms with Crippen molar-refractivity contribution < 1.29 is 24.2 Å². The number of halogens is 2. The summed E-state index contributed by atoms with van der Waals surface area (Å²) in [5, 5.41) is 11.1. The molecular weight excluding hydrogens is 497 g/mol. The Morgan fingerprint density at radius 1 is 1.12 bits per heavy atom. The van der Waals surface area contributed by atoms with Crippen LogP contribution in [0.4, 0.5) is 0 Å². The van der Waals surface area contributed by atoms with Crippen molar-refractivity contribution in [2.45, 2.75) is 18.8 Å². The van der Waals surface area contributed by atoms with E-state index < -0.39 is 11.9 Å². The molecule has 1 aliphatic rings. The van der Waals surface area contributed by atoms with Crippen molar-refractivity contribution in [3.63, 3.8) is 0 Å². The highest BCUT2D eigenvalue weighted by Crippen LogP contribution is 2.41. The van der Waals surface area contributed by atoms with E-state index in [1.54, 1.807) is 42.5 Å². The first-order valence-electron chi connectivity index (χ1n) is 10.4. The second-order valence-corrected chi connectivity index (χ2v) is 9.75. The SMILES string of the molecule is O=C(Cc1nc2ccc(Cl)cc2s1)c1ccc(Oc2cc3c(cc2Cl)C(C(=O)O)CCO3)cc1. The number of ether oxygens (including phenoxy) is 2. The number of hydrogen-bond acceptors (Lipinski definition) is 6. The molecule has 1 atom stereocenters. The van der Waals surface area contributed by atoms with Crippen molar-refractivity contribution in [2.75, 3.05) is 6.61 Å². The van der Waals surface area contributed by atoms with E-state index in [9.17, 15) is 14.7 Å². The number of Topliss-reactive ketones (excluding diaryl/α,β-unsaturated/α-hetero) is 1. The van der Waals surface area contributed by atoms with E-state index in [0.29, 0.717) is 46.4 Å². The predicted octanol–water partition coefficient (Wildman–Crippen LogP) is 6.77. The van der Waals surface area contributed by atoms with E-state index in [1.807, 2.05) is 12.1 Å². The minimum Gasteiger partial charge on any atom is -0.493 e. The van der Waals surface area contributed by atoms with Gasteiger partial charge in [-0.1, -0.05) is 23.2 Å². The highest BCUT2D eigenvalue weighted by molar-refractivity contribution is 7.18. The molecule has 0 saturated heterocycles. The zero-order valence-electron chi connectivity index (χ0n) is 17.6. The average Bonchev–Trinajstić information content (AvgIpc) is 3.20. The molecule has 1 aromatic heterocycles. The van der Waals surface area contributed by atoms with Crippen LogP contribution in [0.5, 0.6) is 17.2 Å². The summed E-state index contributed by atoms with van der Waals surface area (Å²) in [6.45, 7) is 0.309. The van der Waals surface area contributed by atoms with Gasteiger partial charge in [-0.2, -0.15) is 0 Å². The van der Waals surface area contributed by atoms with Crippen molar-refractivity contribution >= 4 is 56.5 Å². The number of carboxylic acids is 1. The molecule has 0 amide bonds. The van der Waals surface area contributed by atoms with Crippen LogP contribution in [0.1, 0.15) is 33.3 Å². The molecule has 3 aromatic carbocycles. The summed E-state index contributed by atoms with van der Waals surface area (Å²) in [6.07, 6.45) is 0.578. The Labute approximate surface area is 208 Å². The van der Waals surface area contributed by atoms with Crippen LogP contribution in [0.2, 0.25) is 10.0 Å². The lowest BCUT2D eigenvalue weighted by Gasteiger charge is -2.24. The molecule has 2 heterocycles. The normalized spacial score (nSPS) is 14.9. The predicted molar refractivity (Wildman–Crippen MR) is 131 cm³/mol. The topological polar surface area (TPSA) is 85.7 Å². The molecule has 34 heavy (non-hydrogen) atoms. The number of thiazole rings is 1. The molecule has 0 radical (unpaired) electrons. The Morgan fingerprint density at radius 2 is 1.91 bits per heavy atom. The van der Waals surface area contributed by atoms with Crippen LogP contribution in [0.25, 0.3) is 10.2 Å². The lowest BCUT2D eigenvalue weighted by molar-refractivity contribution is -0.139. The number of nitrogens with zero attached hydrogens (tertiary/aromatic N) is 1. The fraction of sp³-hybridized carbons (Fsp3) is 0.160. The van der Waals surface area contributed by atoms with Gasteiger partial charge in [0, 0.05) is 22.2 Å². The van der Waals surface area contributed by atoms with E-state index >= 15 is 0 Å². The van der Waals surface area contributed by atoms with Crippen molar-refractivity contribution in [3.05, 3.63) is 80.8 Å². The number of ketones is 1. The van der Waals surface area contributed by atoms with Crippen molar-refractivity contribution in [3.8, 4) is 17.2 Å². The first kappa shape index (κ1) is 22.7. The standard InChI is InChI=1S/C25H17Cl2NO5S/c26-14-3-6-19-23(9-14)34-24(28-19)11-20(29)13-1-4-15(5-2-13)33-22-12-21-17(10-18(22)27)16(25(30)31)7-8-32-21/h1-6,9-10,12,16H,7-8,11H2,(H,30,31). The van der Waals surface area contributed by atoms with E-state index in [-0.39, 0.29) is 17.2 Å². The number of benzene rings is 3. The van der Waals surface area contributed by atoms with Gasteiger partial charge in [-0.15, -0.1) is 11.3 Å². The summed E-state index contributed by atoms with van der Waals surface area (Å²) < 4.78 is 12.4. The molecule has 4 aromatic rings. The molecular formula is C25H17Cl2NO5S. The average molecular weight is 514 g/mol. The van der Waals surface area contributed by atoms with Crippen LogP contribution >= 0.6 is 34.5 Å². The molecule has 0 spiro atoms. The van der Waals surface area contributed by atoms with Crippen LogP contribution < -0.4 is 9.47 Å². The molecule has 0 saturated carbocycles. The summed E-state index contributed by atoms with van der Waals surface area (Å²) in [4.78, 5) is 28.7. The van der Waals surface area contributed by atoms with E-state index in [4.69, 9.17) is 32.7 Å². The molecule has 5 rings (SSSR count). The van der Waals surface area contributed by atoms with Crippen molar-refractivity contribution in [2.24, 2.45) is 0 Å². The number of aliphatic carboxylic acids is 1. The number of carbonyl (C=O) groups excluding carboxylic acids is 1. The number of carboxylic acid groups (broad SMARTS) is 1. The van der Waals surface area contributed by atoms with Crippen molar-refractivity contribution in [1.29, 1.82) is 0 Å². The van der Waals surface area contributed by atoms with Crippen molar-refractivity contribution in [1.82, 2.24) is 4.98 Å². The third kappa shape index (κ3) is 4.59. The third-order valence-corrected chi connectivity index (χ3v) is 7.06. The first-order valence-corrected chi connectivity index (χ1v) is 12.0. The molecule has 9 heteroatoms. The fourth-order valence-corrected chi connectivity index (χ4v) is 5.27. The van der Waals surface area contributed by atoms with Gasteiger partial charge in [0.1, 0.15) is 22.3 Å². The van der Waals surface area contributed by atoms with Gasteiger partial charge in [0.2, 0.25) is 0 Å². The number of aromatic nitrogens is 1. The van der Waals surface area contributed by atoms with Crippen LogP contribution in [0.3, 0.4) is 0 Å². The maximum atomic E-state index is 12.7. The smallest absolute Gasteiger partial charge is 0.311 e.